The van der Waals surface area contributed by atoms with Crippen LogP contribution >= 0.6 is 0 Å². The normalized spacial score (nSPS) is 10.9. The van der Waals surface area contributed by atoms with Crippen LogP contribution in [-0.2, 0) is 0 Å². The molecule has 0 unspecified atom stereocenters. The summed E-state index contributed by atoms with van der Waals surface area (Å²) < 4.78 is 11.3. The standard InChI is InChI=1S/C22H19N3O5/c1-24(2)17-9-8-13(10-18(17)25(27)28)22(26)23-16-12-20-15(11-21(16)29-3)14-6-4-5-7-19(14)30-20/h4-12H,1-3H3,(H,23,26). The fourth-order valence-electron chi connectivity index (χ4n) is 3.40. The summed E-state index contributed by atoms with van der Waals surface area (Å²) in [7, 11) is 4.92. The van der Waals surface area contributed by atoms with Crippen molar-refractivity contribution in [1.82, 2.24) is 0 Å². The van der Waals surface area contributed by atoms with Crippen LogP contribution in [0.15, 0.2) is 59.0 Å². The van der Waals surface area contributed by atoms with Crippen LogP contribution in [0.3, 0.4) is 0 Å². The molecule has 1 aromatic heterocycles. The van der Waals surface area contributed by atoms with E-state index in [4.69, 9.17) is 9.15 Å². The highest BCUT2D eigenvalue weighted by atomic mass is 16.6. The van der Waals surface area contributed by atoms with E-state index in [0.717, 1.165) is 16.4 Å². The van der Waals surface area contributed by atoms with Gasteiger partial charge in [-0.15, -0.1) is 0 Å². The third kappa shape index (κ3) is 3.28. The van der Waals surface area contributed by atoms with Crippen LogP contribution in [0.1, 0.15) is 10.4 Å². The first-order valence-corrected chi connectivity index (χ1v) is 9.15. The van der Waals surface area contributed by atoms with Crippen LogP contribution in [0.25, 0.3) is 21.9 Å². The molecule has 4 rings (SSSR count). The Labute approximate surface area is 171 Å². The third-order valence-electron chi connectivity index (χ3n) is 4.86. The molecule has 0 aliphatic carbocycles. The molecular formula is C22H19N3O5. The first kappa shape index (κ1) is 19.3. The molecule has 1 N–H and O–H groups in total. The molecule has 0 radical (unpaired) electrons. The molecule has 1 heterocycles. The van der Waals surface area contributed by atoms with Gasteiger partial charge in [-0.2, -0.15) is 0 Å². The average molecular weight is 405 g/mol. The van der Waals surface area contributed by atoms with E-state index in [-0.39, 0.29) is 11.3 Å². The van der Waals surface area contributed by atoms with Crippen molar-refractivity contribution < 1.29 is 18.9 Å². The van der Waals surface area contributed by atoms with E-state index in [1.54, 1.807) is 43.3 Å². The number of carbonyl (C=O) groups excluding carboxylic acids is 1. The largest absolute Gasteiger partial charge is 0.495 e. The third-order valence-corrected chi connectivity index (χ3v) is 4.86. The Kier molecular flexibility index (Phi) is 4.75. The van der Waals surface area contributed by atoms with E-state index in [1.165, 1.54) is 13.2 Å². The maximum absolute atomic E-state index is 12.8. The van der Waals surface area contributed by atoms with Gasteiger partial charge in [-0.05, 0) is 24.3 Å². The topological polar surface area (TPSA) is 97.8 Å². The van der Waals surface area contributed by atoms with Crippen molar-refractivity contribution in [2.75, 3.05) is 31.4 Å². The van der Waals surface area contributed by atoms with Gasteiger partial charge >= 0.3 is 0 Å². The quantitative estimate of drug-likeness (QED) is 0.378. The number of nitrogens with one attached hydrogen (secondary N) is 1. The van der Waals surface area contributed by atoms with E-state index in [2.05, 4.69) is 5.32 Å². The molecule has 0 aliphatic rings. The second kappa shape index (κ2) is 7.40. The van der Waals surface area contributed by atoms with Gasteiger partial charge in [-0.1, -0.05) is 18.2 Å². The Morgan fingerprint density at radius 2 is 1.83 bits per heavy atom. The van der Waals surface area contributed by atoms with E-state index >= 15 is 0 Å². The van der Waals surface area contributed by atoms with Crippen molar-refractivity contribution in [3.63, 3.8) is 0 Å². The van der Waals surface area contributed by atoms with Gasteiger partial charge in [0.15, 0.2) is 0 Å². The minimum Gasteiger partial charge on any atom is -0.495 e. The number of benzene rings is 3. The highest BCUT2D eigenvalue weighted by Crippen LogP contribution is 2.36. The number of nitro groups is 1. The molecule has 0 atom stereocenters. The highest BCUT2D eigenvalue weighted by Gasteiger charge is 2.20. The van der Waals surface area contributed by atoms with Gasteiger partial charge in [-0.25, -0.2) is 0 Å². The van der Waals surface area contributed by atoms with Gasteiger partial charge in [0.25, 0.3) is 11.6 Å². The second-order valence-electron chi connectivity index (χ2n) is 6.96. The number of anilines is 2. The zero-order valence-electron chi connectivity index (χ0n) is 16.6. The Morgan fingerprint density at radius 1 is 1.07 bits per heavy atom. The molecule has 0 saturated heterocycles. The SMILES string of the molecule is COc1cc2c(cc1NC(=O)c1ccc(N(C)C)c([N+](=O)[O-])c1)oc1ccccc12. The molecule has 8 nitrogen and oxygen atoms in total. The number of amides is 1. The number of para-hydroxylation sites is 1. The van der Waals surface area contributed by atoms with E-state index < -0.39 is 10.8 Å². The minimum absolute atomic E-state index is 0.146. The molecule has 152 valence electrons. The van der Waals surface area contributed by atoms with Crippen molar-refractivity contribution in [2.24, 2.45) is 0 Å². The Hall–Kier alpha value is -4.07. The first-order valence-electron chi connectivity index (χ1n) is 9.15. The van der Waals surface area contributed by atoms with Crippen LogP contribution in [-0.4, -0.2) is 32.0 Å². The minimum atomic E-state index is -0.507. The van der Waals surface area contributed by atoms with E-state index in [1.807, 2.05) is 24.3 Å². The number of hydrogen-bond donors (Lipinski definition) is 1. The first-order chi connectivity index (χ1) is 14.4. The summed E-state index contributed by atoms with van der Waals surface area (Å²) in [6.45, 7) is 0. The average Bonchev–Trinajstić information content (AvgIpc) is 3.09. The second-order valence-corrected chi connectivity index (χ2v) is 6.96. The molecular weight excluding hydrogens is 386 g/mol. The van der Waals surface area contributed by atoms with Crippen LogP contribution < -0.4 is 15.0 Å². The monoisotopic (exact) mass is 405 g/mol. The lowest BCUT2D eigenvalue weighted by atomic mass is 10.1. The summed E-state index contributed by atoms with van der Waals surface area (Å²) in [5.41, 5.74) is 2.17. The van der Waals surface area contributed by atoms with Gasteiger partial charge in [0.05, 0.1) is 17.7 Å². The summed E-state index contributed by atoms with van der Waals surface area (Å²) in [5, 5.41) is 16.0. The van der Waals surface area contributed by atoms with Crippen LogP contribution in [0, 0.1) is 10.1 Å². The van der Waals surface area contributed by atoms with Crippen LogP contribution in [0.2, 0.25) is 0 Å². The van der Waals surface area contributed by atoms with Crippen molar-refractivity contribution in [1.29, 1.82) is 0 Å². The number of carbonyl (C=O) groups is 1. The molecule has 0 aliphatic heterocycles. The number of ether oxygens (including phenoxy) is 1. The molecule has 4 aromatic rings. The van der Waals surface area contributed by atoms with Crippen LogP contribution in [0.5, 0.6) is 5.75 Å². The van der Waals surface area contributed by atoms with Gasteiger partial charge in [0, 0.05) is 42.6 Å². The molecule has 8 heteroatoms. The fraction of sp³-hybridized carbons (Fsp3) is 0.136. The van der Waals surface area contributed by atoms with E-state index in [0.29, 0.717) is 22.7 Å². The number of furan rings is 1. The number of nitro benzene ring substituents is 1. The summed E-state index contributed by atoms with van der Waals surface area (Å²) in [5.74, 6) is -0.0287. The van der Waals surface area contributed by atoms with Gasteiger partial charge < -0.3 is 19.4 Å². The van der Waals surface area contributed by atoms with Gasteiger partial charge in [-0.3, -0.25) is 14.9 Å². The lowest BCUT2D eigenvalue weighted by Crippen LogP contribution is -2.15. The number of fused-ring (bicyclic) bond motifs is 3. The molecule has 0 fully saturated rings. The van der Waals surface area contributed by atoms with E-state index in [9.17, 15) is 14.9 Å². The smallest absolute Gasteiger partial charge is 0.293 e. The van der Waals surface area contributed by atoms with Gasteiger partial charge in [0.2, 0.25) is 0 Å². The summed E-state index contributed by atoms with van der Waals surface area (Å²) in [6, 6.07) is 15.5. The number of hydrogen-bond acceptors (Lipinski definition) is 6. The lowest BCUT2D eigenvalue weighted by Gasteiger charge is -2.14. The maximum Gasteiger partial charge on any atom is 0.293 e. The molecule has 3 aromatic carbocycles. The van der Waals surface area contributed by atoms with Gasteiger partial charge in [0.1, 0.15) is 22.6 Å². The fourth-order valence-corrected chi connectivity index (χ4v) is 3.40. The Bertz CT molecular complexity index is 1290. The van der Waals surface area contributed by atoms with Crippen molar-refractivity contribution >= 4 is 44.9 Å². The number of rotatable bonds is 5. The predicted molar refractivity (Wildman–Crippen MR) is 116 cm³/mol. The summed E-state index contributed by atoms with van der Waals surface area (Å²) >= 11 is 0. The lowest BCUT2D eigenvalue weighted by molar-refractivity contribution is -0.384. The molecule has 1 amide bonds. The maximum atomic E-state index is 12.8. The molecule has 0 bridgehead atoms. The predicted octanol–water partition coefficient (Wildman–Crippen LogP) is 4.82. The number of nitrogens with zero attached hydrogens (tertiary/aromatic N) is 2. The highest BCUT2D eigenvalue weighted by molar-refractivity contribution is 6.10. The zero-order chi connectivity index (χ0) is 21.4. The molecule has 0 spiro atoms. The van der Waals surface area contributed by atoms with Crippen molar-refractivity contribution in [2.45, 2.75) is 0 Å². The van der Waals surface area contributed by atoms with Crippen molar-refractivity contribution in [3.8, 4) is 5.75 Å². The summed E-state index contributed by atoms with van der Waals surface area (Å²) in [4.78, 5) is 25.3. The molecule has 30 heavy (non-hydrogen) atoms. The Balaban J connectivity index is 1.73. The summed E-state index contributed by atoms with van der Waals surface area (Å²) in [6.07, 6.45) is 0. The Morgan fingerprint density at radius 3 is 2.53 bits per heavy atom. The number of methoxy groups -OCH3 is 1. The van der Waals surface area contributed by atoms with Crippen molar-refractivity contribution in [3.05, 3.63) is 70.3 Å². The zero-order valence-corrected chi connectivity index (χ0v) is 16.6. The molecule has 0 saturated carbocycles. The van der Waals surface area contributed by atoms with Crippen LogP contribution in [0.4, 0.5) is 17.1 Å².